The third kappa shape index (κ3) is 4.09. The summed E-state index contributed by atoms with van der Waals surface area (Å²) in [7, 11) is 0. The van der Waals surface area contributed by atoms with Gasteiger partial charge in [0.1, 0.15) is 0 Å². The van der Waals surface area contributed by atoms with Crippen molar-refractivity contribution >= 4 is 28.9 Å². The van der Waals surface area contributed by atoms with Crippen molar-refractivity contribution in [3.8, 4) is 0 Å². The molecule has 2 fully saturated rings. The van der Waals surface area contributed by atoms with Gasteiger partial charge in [-0.3, -0.25) is 4.79 Å². The summed E-state index contributed by atoms with van der Waals surface area (Å²) in [5.74, 6) is 0.104. The number of nitrogens with zero attached hydrogens (tertiary/aromatic N) is 2. The van der Waals surface area contributed by atoms with Gasteiger partial charge < -0.3 is 19.9 Å². The predicted molar refractivity (Wildman–Crippen MR) is 93.4 cm³/mol. The summed E-state index contributed by atoms with van der Waals surface area (Å²) in [6.45, 7) is 6.34. The Labute approximate surface area is 142 Å². The Bertz CT molecular complexity index is 561. The Balaban J connectivity index is 1.65. The van der Waals surface area contributed by atoms with Gasteiger partial charge >= 0.3 is 0 Å². The van der Waals surface area contributed by atoms with Gasteiger partial charge in [-0.1, -0.05) is 11.6 Å². The van der Waals surface area contributed by atoms with Crippen LogP contribution in [0.2, 0.25) is 5.02 Å². The SMILES string of the molecule is C[C@@H]1CN(C(=O)CNc2cc(Cl)ccc2N2CCCC2)CCO1. The number of halogens is 1. The quantitative estimate of drug-likeness (QED) is 0.917. The molecule has 5 nitrogen and oxygen atoms in total. The van der Waals surface area contributed by atoms with Crippen LogP contribution < -0.4 is 10.2 Å². The van der Waals surface area contributed by atoms with E-state index >= 15 is 0 Å². The van der Waals surface area contributed by atoms with Crippen molar-refractivity contribution < 1.29 is 9.53 Å². The second-order valence-corrected chi connectivity index (χ2v) is 6.67. The van der Waals surface area contributed by atoms with Crippen LogP contribution in [0.3, 0.4) is 0 Å². The number of hydrogen-bond donors (Lipinski definition) is 1. The van der Waals surface area contributed by atoms with E-state index in [0.29, 0.717) is 24.7 Å². The number of morpholine rings is 1. The van der Waals surface area contributed by atoms with Crippen LogP contribution in [-0.2, 0) is 9.53 Å². The van der Waals surface area contributed by atoms with Crippen LogP contribution in [0.25, 0.3) is 0 Å². The van der Waals surface area contributed by atoms with Gasteiger partial charge in [-0.05, 0) is 38.0 Å². The average Bonchev–Trinajstić information content (AvgIpc) is 3.07. The van der Waals surface area contributed by atoms with E-state index < -0.39 is 0 Å². The molecule has 0 saturated carbocycles. The fourth-order valence-electron chi connectivity index (χ4n) is 3.21. The lowest BCUT2D eigenvalue weighted by Crippen LogP contribution is -2.46. The van der Waals surface area contributed by atoms with Crippen molar-refractivity contribution in [2.45, 2.75) is 25.9 Å². The molecule has 0 radical (unpaired) electrons. The smallest absolute Gasteiger partial charge is 0.242 e. The van der Waals surface area contributed by atoms with E-state index in [-0.39, 0.29) is 18.6 Å². The average molecular weight is 338 g/mol. The first-order chi connectivity index (χ1) is 11.1. The topological polar surface area (TPSA) is 44.8 Å². The number of carbonyl (C=O) groups excluding carboxylic acids is 1. The van der Waals surface area contributed by atoms with E-state index in [0.717, 1.165) is 24.5 Å². The van der Waals surface area contributed by atoms with Gasteiger partial charge in [0.15, 0.2) is 0 Å². The monoisotopic (exact) mass is 337 g/mol. The molecule has 0 bridgehead atoms. The van der Waals surface area contributed by atoms with E-state index in [2.05, 4.69) is 10.2 Å². The van der Waals surface area contributed by atoms with E-state index in [4.69, 9.17) is 16.3 Å². The van der Waals surface area contributed by atoms with Crippen LogP contribution in [0, 0.1) is 0 Å². The Morgan fingerprint density at radius 3 is 2.87 bits per heavy atom. The van der Waals surface area contributed by atoms with Crippen LogP contribution in [0.4, 0.5) is 11.4 Å². The zero-order chi connectivity index (χ0) is 16.2. The highest BCUT2D eigenvalue weighted by molar-refractivity contribution is 6.31. The van der Waals surface area contributed by atoms with Crippen molar-refractivity contribution in [2.24, 2.45) is 0 Å². The molecule has 1 atom stereocenters. The van der Waals surface area contributed by atoms with Gasteiger partial charge in [0, 0.05) is 31.2 Å². The molecule has 23 heavy (non-hydrogen) atoms. The third-order valence-corrected chi connectivity index (χ3v) is 4.66. The fourth-order valence-corrected chi connectivity index (χ4v) is 3.38. The van der Waals surface area contributed by atoms with E-state index in [1.165, 1.54) is 12.8 Å². The van der Waals surface area contributed by atoms with Gasteiger partial charge in [0.2, 0.25) is 5.91 Å². The summed E-state index contributed by atoms with van der Waals surface area (Å²) >= 11 is 6.14. The van der Waals surface area contributed by atoms with Gasteiger partial charge in [0.25, 0.3) is 0 Å². The maximum atomic E-state index is 12.4. The maximum absolute atomic E-state index is 12.4. The minimum Gasteiger partial charge on any atom is -0.375 e. The summed E-state index contributed by atoms with van der Waals surface area (Å²) in [5, 5.41) is 3.97. The normalized spacial score (nSPS) is 21.6. The van der Waals surface area contributed by atoms with Crippen LogP contribution in [-0.4, -0.2) is 56.2 Å². The van der Waals surface area contributed by atoms with Crippen molar-refractivity contribution in [3.63, 3.8) is 0 Å². The number of anilines is 2. The van der Waals surface area contributed by atoms with Crippen LogP contribution >= 0.6 is 11.6 Å². The number of ether oxygens (including phenoxy) is 1. The van der Waals surface area contributed by atoms with Crippen molar-refractivity contribution in [2.75, 3.05) is 49.5 Å². The molecule has 0 aromatic heterocycles. The number of benzene rings is 1. The molecule has 1 amide bonds. The van der Waals surface area contributed by atoms with Crippen molar-refractivity contribution in [1.82, 2.24) is 4.90 Å². The molecule has 0 spiro atoms. The molecule has 0 unspecified atom stereocenters. The molecule has 3 rings (SSSR count). The Morgan fingerprint density at radius 1 is 1.35 bits per heavy atom. The van der Waals surface area contributed by atoms with Crippen molar-refractivity contribution in [1.29, 1.82) is 0 Å². The number of hydrogen-bond acceptors (Lipinski definition) is 4. The van der Waals surface area contributed by atoms with E-state index in [9.17, 15) is 4.79 Å². The third-order valence-electron chi connectivity index (χ3n) is 4.43. The lowest BCUT2D eigenvalue weighted by molar-refractivity contribution is -0.136. The van der Waals surface area contributed by atoms with Gasteiger partial charge in [-0.25, -0.2) is 0 Å². The van der Waals surface area contributed by atoms with Crippen molar-refractivity contribution in [3.05, 3.63) is 23.2 Å². The molecule has 2 saturated heterocycles. The first kappa shape index (κ1) is 16.4. The zero-order valence-electron chi connectivity index (χ0n) is 13.6. The second-order valence-electron chi connectivity index (χ2n) is 6.23. The summed E-state index contributed by atoms with van der Waals surface area (Å²) in [6.07, 6.45) is 2.54. The summed E-state index contributed by atoms with van der Waals surface area (Å²) in [5.41, 5.74) is 2.07. The van der Waals surface area contributed by atoms with Gasteiger partial charge in [-0.15, -0.1) is 0 Å². The van der Waals surface area contributed by atoms with Crippen LogP contribution in [0.5, 0.6) is 0 Å². The molecule has 1 aromatic carbocycles. The molecular formula is C17H24ClN3O2. The highest BCUT2D eigenvalue weighted by Crippen LogP contribution is 2.31. The molecule has 126 valence electrons. The Kier molecular flexibility index (Phi) is 5.28. The second kappa shape index (κ2) is 7.41. The summed E-state index contributed by atoms with van der Waals surface area (Å²) in [6, 6.07) is 5.85. The molecular weight excluding hydrogens is 314 g/mol. The molecule has 2 aliphatic heterocycles. The Morgan fingerprint density at radius 2 is 2.13 bits per heavy atom. The molecule has 1 N–H and O–H groups in total. The molecule has 2 aliphatic rings. The van der Waals surface area contributed by atoms with E-state index in [1.807, 2.05) is 30.0 Å². The predicted octanol–water partition coefficient (Wildman–Crippen LogP) is 2.60. The zero-order valence-corrected chi connectivity index (χ0v) is 14.3. The number of rotatable bonds is 4. The summed E-state index contributed by atoms with van der Waals surface area (Å²) in [4.78, 5) is 16.6. The number of carbonyl (C=O) groups is 1. The van der Waals surface area contributed by atoms with Gasteiger partial charge in [-0.2, -0.15) is 0 Å². The molecule has 6 heteroatoms. The molecule has 2 heterocycles. The van der Waals surface area contributed by atoms with Gasteiger partial charge in [0.05, 0.1) is 30.6 Å². The highest BCUT2D eigenvalue weighted by Gasteiger charge is 2.22. The largest absolute Gasteiger partial charge is 0.375 e. The maximum Gasteiger partial charge on any atom is 0.242 e. The molecule has 1 aromatic rings. The molecule has 0 aliphatic carbocycles. The van der Waals surface area contributed by atoms with Crippen LogP contribution in [0.15, 0.2) is 18.2 Å². The standard InChI is InChI=1S/C17H24ClN3O2/c1-13-12-21(8-9-23-13)17(22)11-19-15-10-14(18)4-5-16(15)20-6-2-3-7-20/h4-5,10,13,19H,2-3,6-9,11-12H2,1H3/t13-/m1/s1. The fraction of sp³-hybridized carbons (Fsp3) is 0.588. The lowest BCUT2D eigenvalue weighted by Gasteiger charge is -2.31. The minimum atomic E-state index is 0.104. The first-order valence-corrected chi connectivity index (χ1v) is 8.69. The first-order valence-electron chi connectivity index (χ1n) is 8.31. The number of amides is 1. The summed E-state index contributed by atoms with van der Waals surface area (Å²) < 4.78 is 5.48. The minimum absolute atomic E-state index is 0.104. The van der Waals surface area contributed by atoms with Crippen LogP contribution in [0.1, 0.15) is 19.8 Å². The Hall–Kier alpha value is -1.46. The lowest BCUT2D eigenvalue weighted by atomic mass is 10.2. The highest BCUT2D eigenvalue weighted by atomic mass is 35.5. The van der Waals surface area contributed by atoms with E-state index in [1.54, 1.807) is 0 Å². The number of nitrogens with one attached hydrogen (secondary N) is 1.